The third kappa shape index (κ3) is 2.46. The van der Waals surface area contributed by atoms with Crippen LogP contribution >= 0.6 is 15.9 Å². The van der Waals surface area contributed by atoms with Crippen LogP contribution < -0.4 is 0 Å². The summed E-state index contributed by atoms with van der Waals surface area (Å²) in [6.07, 6.45) is 4.68. The highest BCUT2D eigenvalue weighted by Gasteiger charge is 2.45. The Balaban J connectivity index is 1.64. The van der Waals surface area contributed by atoms with Crippen LogP contribution in [0.25, 0.3) is 0 Å². The molecule has 1 saturated carbocycles. The van der Waals surface area contributed by atoms with Gasteiger partial charge in [-0.25, -0.2) is 0 Å². The molecule has 0 spiro atoms. The number of halogens is 1. The van der Waals surface area contributed by atoms with Gasteiger partial charge < -0.3 is 4.90 Å². The highest BCUT2D eigenvalue weighted by Crippen LogP contribution is 2.49. The number of hydrogen-bond donors (Lipinski definition) is 0. The number of nitrogens with zero attached hydrogens (tertiary/aromatic N) is 1. The van der Waals surface area contributed by atoms with Gasteiger partial charge in [0.05, 0.1) is 0 Å². The lowest BCUT2D eigenvalue weighted by molar-refractivity contribution is -0.133. The molecule has 2 nitrogen and oxygen atoms in total. The van der Waals surface area contributed by atoms with Crippen molar-refractivity contribution in [1.29, 1.82) is 0 Å². The average Bonchev–Trinajstić information content (AvgIpc) is 3.19. The van der Waals surface area contributed by atoms with E-state index >= 15 is 0 Å². The predicted molar refractivity (Wildman–Crippen MR) is 75.4 cm³/mol. The van der Waals surface area contributed by atoms with Crippen LogP contribution in [0.5, 0.6) is 0 Å². The fourth-order valence-corrected chi connectivity index (χ4v) is 3.34. The maximum atomic E-state index is 12.3. The molecule has 0 aromatic heterocycles. The van der Waals surface area contributed by atoms with E-state index in [4.69, 9.17) is 0 Å². The third-order valence-corrected chi connectivity index (χ3v) is 4.55. The van der Waals surface area contributed by atoms with Crippen LogP contribution in [0, 0.1) is 5.92 Å². The lowest BCUT2D eigenvalue weighted by atomic mass is 10.1. The van der Waals surface area contributed by atoms with Crippen molar-refractivity contribution in [2.75, 3.05) is 13.1 Å². The van der Waals surface area contributed by atoms with Crippen molar-refractivity contribution >= 4 is 21.8 Å². The van der Waals surface area contributed by atoms with Crippen molar-refractivity contribution in [3.05, 3.63) is 34.3 Å². The van der Waals surface area contributed by atoms with Crippen molar-refractivity contribution in [3.63, 3.8) is 0 Å². The molecule has 1 saturated heterocycles. The van der Waals surface area contributed by atoms with Gasteiger partial charge in [0.1, 0.15) is 0 Å². The van der Waals surface area contributed by atoms with E-state index in [0.29, 0.717) is 11.8 Å². The van der Waals surface area contributed by atoms with Gasteiger partial charge in [0.25, 0.3) is 0 Å². The van der Waals surface area contributed by atoms with Crippen LogP contribution in [0.1, 0.15) is 37.2 Å². The largest absolute Gasteiger partial charge is 0.342 e. The molecule has 0 bridgehead atoms. The molecule has 1 amide bonds. The van der Waals surface area contributed by atoms with Crippen LogP contribution in [0.15, 0.2) is 28.7 Å². The van der Waals surface area contributed by atoms with Crippen molar-refractivity contribution in [2.24, 2.45) is 5.92 Å². The molecular weight excluding hydrogens is 290 g/mol. The topological polar surface area (TPSA) is 20.3 Å². The molecule has 3 heteroatoms. The monoisotopic (exact) mass is 307 g/mol. The number of likely N-dealkylation sites (tertiary alicyclic amines) is 1. The Bertz CT molecular complexity index is 454. The highest BCUT2D eigenvalue weighted by atomic mass is 79.9. The first-order chi connectivity index (χ1) is 8.75. The second-order valence-electron chi connectivity index (χ2n) is 5.39. The zero-order chi connectivity index (χ0) is 12.5. The Labute approximate surface area is 116 Å². The minimum atomic E-state index is 0.248. The van der Waals surface area contributed by atoms with E-state index in [1.165, 1.54) is 24.8 Å². The fraction of sp³-hybridized carbons (Fsp3) is 0.533. The summed E-state index contributed by atoms with van der Waals surface area (Å²) in [6, 6.07) is 8.38. The van der Waals surface area contributed by atoms with Gasteiger partial charge in [-0.05, 0) is 49.3 Å². The molecule has 2 fully saturated rings. The molecule has 2 atom stereocenters. The van der Waals surface area contributed by atoms with Gasteiger partial charge in [0.2, 0.25) is 5.91 Å². The Kier molecular flexibility index (Phi) is 3.42. The summed E-state index contributed by atoms with van der Waals surface area (Å²) in [4.78, 5) is 14.4. The molecule has 3 rings (SSSR count). The zero-order valence-corrected chi connectivity index (χ0v) is 12.0. The Hall–Kier alpha value is -0.830. The van der Waals surface area contributed by atoms with E-state index < -0.39 is 0 Å². The number of hydrogen-bond acceptors (Lipinski definition) is 1. The molecule has 1 aliphatic carbocycles. The average molecular weight is 308 g/mol. The molecule has 0 radical (unpaired) electrons. The minimum absolute atomic E-state index is 0.248. The fourth-order valence-electron chi connectivity index (χ4n) is 2.92. The van der Waals surface area contributed by atoms with E-state index in [1.807, 2.05) is 6.07 Å². The van der Waals surface area contributed by atoms with E-state index in [1.54, 1.807) is 0 Å². The first-order valence-electron chi connectivity index (χ1n) is 6.80. The van der Waals surface area contributed by atoms with E-state index in [0.717, 1.165) is 24.0 Å². The molecule has 1 aromatic rings. The van der Waals surface area contributed by atoms with Gasteiger partial charge in [0.15, 0.2) is 0 Å². The lowest BCUT2D eigenvalue weighted by Gasteiger charge is -2.26. The molecule has 1 heterocycles. The number of amides is 1. The van der Waals surface area contributed by atoms with Crippen LogP contribution in [0.4, 0.5) is 0 Å². The number of carbonyl (C=O) groups excluding carboxylic acids is 1. The predicted octanol–water partition coefficient (Wildman–Crippen LogP) is 3.57. The Morgan fingerprint density at radius 2 is 2.00 bits per heavy atom. The maximum absolute atomic E-state index is 12.3. The number of piperidine rings is 1. The summed E-state index contributed by atoms with van der Waals surface area (Å²) in [5.74, 6) is 1.09. The standard InChI is InChI=1S/C15H18BrNO/c16-12-6-4-5-11(9-12)13-10-14(13)15(18)17-7-2-1-3-8-17/h4-6,9,13-14H,1-3,7-8,10H2. The van der Waals surface area contributed by atoms with Gasteiger partial charge in [-0.1, -0.05) is 28.1 Å². The number of benzene rings is 1. The zero-order valence-electron chi connectivity index (χ0n) is 10.4. The summed E-state index contributed by atoms with van der Waals surface area (Å²) in [7, 11) is 0. The maximum Gasteiger partial charge on any atom is 0.226 e. The highest BCUT2D eigenvalue weighted by molar-refractivity contribution is 9.10. The lowest BCUT2D eigenvalue weighted by Crippen LogP contribution is -2.36. The summed E-state index contributed by atoms with van der Waals surface area (Å²) < 4.78 is 1.11. The van der Waals surface area contributed by atoms with Gasteiger partial charge in [-0.15, -0.1) is 0 Å². The SMILES string of the molecule is O=C(C1CC1c1cccc(Br)c1)N1CCCCC1. The van der Waals surface area contributed by atoms with E-state index in [9.17, 15) is 4.79 Å². The second kappa shape index (κ2) is 5.04. The molecule has 1 aromatic carbocycles. The molecule has 2 aliphatic rings. The second-order valence-corrected chi connectivity index (χ2v) is 6.31. The van der Waals surface area contributed by atoms with Crippen LogP contribution in [0.3, 0.4) is 0 Å². The minimum Gasteiger partial charge on any atom is -0.342 e. The van der Waals surface area contributed by atoms with Gasteiger partial charge >= 0.3 is 0 Å². The van der Waals surface area contributed by atoms with Crippen LogP contribution in [0.2, 0.25) is 0 Å². The molecule has 0 N–H and O–H groups in total. The molecule has 18 heavy (non-hydrogen) atoms. The first-order valence-corrected chi connectivity index (χ1v) is 7.59. The summed E-state index contributed by atoms with van der Waals surface area (Å²) in [5, 5.41) is 0. The molecular formula is C15H18BrNO. The summed E-state index contributed by atoms with van der Waals surface area (Å²) >= 11 is 3.50. The van der Waals surface area contributed by atoms with E-state index in [2.05, 4.69) is 39.0 Å². The van der Waals surface area contributed by atoms with Gasteiger partial charge in [-0.3, -0.25) is 4.79 Å². The number of rotatable bonds is 2. The molecule has 1 aliphatic heterocycles. The van der Waals surface area contributed by atoms with Crippen LogP contribution in [-0.4, -0.2) is 23.9 Å². The molecule has 96 valence electrons. The smallest absolute Gasteiger partial charge is 0.226 e. The third-order valence-electron chi connectivity index (χ3n) is 4.05. The van der Waals surface area contributed by atoms with Gasteiger partial charge in [0, 0.05) is 23.5 Å². The Morgan fingerprint density at radius 3 is 2.72 bits per heavy atom. The number of carbonyl (C=O) groups is 1. The first kappa shape index (κ1) is 12.2. The quantitative estimate of drug-likeness (QED) is 0.818. The van der Waals surface area contributed by atoms with E-state index in [-0.39, 0.29) is 5.92 Å². The van der Waals surface area contributed by atoms with Crippen LogP contribution in [-0.2, 0) is 4.79 Å². The molecule has 2 unspecified atom stereocenters. The normalized spacial score (nSPS) is 27.1. The summed E-state index contributed by atoms with van der Waals surface area (Å²) in [6.45, 7) is 1.95. The van der Waals surface area contributed by atoms with Gasteiger partial charge in [-0.2, -0.15) is 0 Å². The van der Waals surface area contributed by atoms with Crippen molar-refractivity contribution in [3.8, 4) is 0 Å². The van der Waals surface area contributed by atoms with Crippen molar-refractivity contribution in [1.82, 2.24) is 4.90 Å². The van der Waals surface area contributed by atoms with Crippen molar-refractivity contribution in [2.45, 2.75) is 31.6 Å². The summed E-state index contributed by atoms with van der Waals surface area (Å²) in [5.41, 5.74) is 1.31. The Morgan fingerprint density at radius 1 is 1.22 bits per heavy atom. The van der Waals surface area contributed by atoms with Crippen molar-refractivity contribution < 1.29 is 4.79 Å².